The smallest absolute Gasteiger partial charge is 0.326 e. The Morgan fingerprint density at radius 2 is 2.00 bits per heavy atom. The van der Waals surface area contributed by atoms with E-state index in [1.165, 1.54) is 0 Å². The van der Waals surface area contributed by atoms with Crippen molar-refractivity contribution in [3.05, 3.63) is 24.0 Å². The van der Waals surface area contributed by atoms with Crippen LogP contribution in [0.3, 0.4) is 0 Å². The molecule has 0 aliphatic heterocycles. The third-order valence-corrected chi connectivity index (χ3v) is 2.56. The van der Waals surface area contributed by atoms with Gasteiger partial charge in [-0.3, -0.25) is 4.79 Å². The number of aliphatic carboxylic acids is 1. The molecule has 5 heteroatoms. The molecule has 0 radical (unpaired) electrons. The van der Waals surface area contributed by atoms with Gasteiger partial charge in [-0.2, -0.15) is 0 Å². The predicted molar refractivity (Wildman–Crippen MR) is 63.8 cm³/mol. The van der Waals surface area contributed by atoms with Gasteiger partial charge in [0.15, 0.2) is 0 Å². The Morgan fingerprint density at radius 3 is 2.35 bits per heavy atom. The summed E-state index contributed by atoms with van der Waals surface area (Å²) >= 11 is 0. The van der Waals surface area contributed by atoms with Crippen molar-refractivity contribution in [1.29, 1.82) is 0 Å². The predicted octanol–water partition coefficient (Wildman–Crippen LogP) is 1.25. The third kappa shape index (κ3) is 3.09. The van der Waals surface area contributed by atoms with Crippen molar-refractivity contribution in [2.45, 2.75) is 26.8 Å². The zero-order valence-corrected chi connectivity index (χ0v) is 10.5. The number of aromatic nitrogens is 1. The van der Waals surface area contributed by atoms with Gasteiger partial charge >= 0.3 is 5.97 Å². The highest BCUT2D eigenvalue weighted by atomic mass is 16.4. The van der Waals surface area contributed by atoms with Crippen molar-refractivity contribution in [1.82, 2.24) is 9.88 Å². The molecular formula is C12H18N2O3. The lowest BCUT2D eigenvalue weighted by atomic mass is 9.86. The van der Waals surface area contributed by atoms with Crippen LogP contribution in [0.4, 0.5) is 0 Å². The minimum atomic E-state index is -1.03. The van der Waals surface area contributed by atoms with Gasteiger partial charge in [0.25, 0.3) is 5.91 Å². The van der Waals surface area contributed by atoms with E-state index >= 15 is 0 Å². The monoisotopic (exact) mass is 238 g/mol. The van der Waals surface area contributed by atoms with Gasteiger partial charge in [-0.1, -0.05) is 20.8 Å². The topological polar surface area (TPSA) is 71.3 Å². The number of nitrogens with one attached hydrogen (secondary N) is 1. The summed E-state index contributed by atoms with van der Waals surface area (Å²) in [6.07, 6.45) is 1.74. The zero-order valence-electron chi connectivity index (χ0n) is 10.5. The van der Waals surface area contributed by atoms with E-state index in [0.717, 1.165) is 0 Å². The molecule has 0 saturated heterocycles. The molecule has 2 N–H and O–H groups in total. The van der Waals surface area contributed by atoms with Crippen LogP contribution in [0, 0.1) is 5.41 Å². The number of carbonyl (C=O) groups is 2. The number of hydrogen-bond donors (Lipinski definition) is 2. The Morgan fingerprint density at radius 1 is 1.41 bits per heavy atom. The van der Waals surface area contributed by atoms with Gasteiger partial charge in [0, 0.05) is 13.2 Å². The minimum absolute atomic E-state index is 0.375. The summed E-state index contributed by atoms with van der Waals surface area (Å²) in [4.78, 5) is 23.0. The number of nitrogens with zero attached hydrogens (tertiary/aromatic N) is 1. The second-order valence-electron chi connectivity index (χ2n) is 5.12. The molecule has 0 bridgehead atoms. The number of carboxylic acids is 1. The second kappa shape index (κ2) is 4.61. The fourth-order valence-corrected chi connectivity index (χ4v) is 1.55. The molecule has 17 heavy (non-hydrogen) atoms. The molecule has 1 atom stereocenters. The van der Waals surface area contributed by atoms with Crippen LogP contribution in [0.2, 0.25) is 0 Å². The largest absolute Gasteiger partial charge is 0.480 e. The van der Waals surface area contributed by atoms with Crippen LogP contribution in [0.15, 0.2) is 18.3 Å². The highest BCUT2D eigenvalue weighted by molar-refractivity contribution is 5.95. The fraction of sp³-hybridized carbons (Fsp3) is 0.500. The summed E-state index contributed by atoms with van der Waals surface area (Å²) < 4.78 is 1.65. The molecule has 0 saturated carbocycles. The summed E-state index contributed by atoms with van der Waals surface area (Å²) in [6.45, 7) is 5.32. The van der Waals surface area contributed by atoms with Gasteiger partial charge in [0.1, 0.15) is 11.7 Å². The standard InChI is InChI=1S/C12H18N2O3/c1-12(2,3)9(11(16)17)13-10(15)8-6-5-7-14(8)4/h5-7,9H,1-4H3,(H,13,15)(H,16,17). The molecular weight excluding hydrogens is 220 g/mol. The molecule has 0 aromatic carbocycles. The van der Waals surface area contributed by atoms with E-state index in [-0.39, 0.29) is 5.91 Å². The Kier molecular flexibility index (Phi) is 3.60. The molecule has 0 spiro atoms. The first-order valence-corrected chi connectivity index (χ1v) is 5.38. The van der Waals surface area contributed by atoms with Crippen LogP contribution < -0.4 is 5.32 Å². The van der Waals surface area contributed by atoms with Gasteiger partial charge in [-0.15, -0.1) is 0 Å². The Balaban J connectivity index is 2.86. The normalized spacial score (nSPS) is 13.2. The first kappa shape index (κ1) is 13.3. The van der Waals surface area contributed by atoms with Crippen LogP contribution in [-0.4, -0.2) is 27.6 Å². The maximum absolute atomic E-state index is 11.9. The molecule has 94 valence electrons. The van der Waals surface area contributed by atoms with E-state index in [9.17, 15) is 9.59 Å². The number of hydrogen-bond acceptors (Lipinski definition) is 2. The van der Waals surface area contributed by atoms with Gasteiger partial charge in [0.05, 0.1) is 0 Å². The van der Waals surface area contributed by atoms with E-state index < -0.39 is 17.4 Å². The van der Waals surface area contributed by atoms with Crippen LogP contribution in [0.5, 0.6) is 0 Å². The minimum Gasteiger partial charge on any atom is -0.480 e. The first-order chi connectivity index (χ1) is 7.73. The molecule has 0 aliphatic rings. The van der Waals surface area contributed by atoms with Gasteiger partial charge < -0.3 is 15.0 Å². The molecule has 1 unspecified atom stereocenters. The van der Waals surface area contributed by atoms with Crippen LogP contribution in [-0.2, 0) is 11.8 Å². The summed E-state index contributed by atoms with van der Waals surface area (Å²) in [6, 6.07) is 2.48. The SMILES string of the molecule is Cn1cccc1C(=O)NC(C(=O)O)C(C)(C)C. The highest BCUT2D eigenvalue weighted by Crippen LogP contribution is 2.19. The molecule has 1 heterocycles. The lowest BCUT2D eigenvalue weighted by Gasteiger charge is -2.27. The number of amides is 1. The fourth-order valence-electron chi connectivity index (χ4n) is 1.55. The van der Waals surface area contributed by atoms with Crippen molar-refractivity contribution >= 4 is 11.9 Å². The summed E-state index contributed by atoms with van der Waals surface area (Å²) in [7, 11) is 1.74. The molecule has 0 aliphatic carbocycles. The van der Waals surface area contributed by atoms with Crippen molar-refractivity contribution in [2.75, 3.05) is 0 Å². The van der Waals surface area contributed by atoms with Gasteiger partial charge in [0.2, 0.25) is 0 Å². The lowest BCUT2D eigenvalue weighted by molar-refractivity contribution is -0.142. The Hall–Kier alpha value is -1.78. The van der Waals surface area contributed by atoms with Crippen LogP contribution in [0.25, 0.3) is 0 Å². The molecule has 0 fully saturated rings. The third-order valence-electron chi connectivity index (χ3n) is 2.56. The van der Waals surface area contributed by atoms with Crippen molar-refractivity contribution < 1.29 is 14.7 Å². The highest BCUT2D eigenvalue weighted by Gasteiger charge is 2.33. The molecule has 1 aromatic rings. The summed E-state index contributed by atoms with van der Waals surface area (Å²) in [5, 5.41) is 11.6. The zero-order chi connectivity index (χ0) is 13.2. The lowest BCUT2D eigenvalue weighted by Crippen LogP contribution is -2.49. The van der Waals surface area contributed by atoms with Crippen LogP contribution >= 0.6 is 0 Å². The van der Waals surface area contributed by atoms with Crippen molar-refractivity contribution in [3.63, 3.8) is 0 Å². The number of rotatable bonds is 3. The van der Waals surface area contributed by atoms with E-state index in [1.54, 1.807) is 50.7 Å². The summed E-state index contributed by atoms with van der Waals surface area (Å²) in [5.41, 5.74) is -0.0902. The quantitative estimate of drug-likeness (QED) is 0.832. The number of carbonyl (C=O) groups excluding carboxylic acids is 1. The van der Waals surface area contributed by atoms with Gasteiger partial charge in [-0.25, -0.2) is 4.79 Å². The van der Waals surface area contributed by atoms with Gasteiger partial charge in [-0.05, 0) is 17.5 Å². The van der Waals surface area contributed by atoms with E-state index in [2.05, 4.69) is 5.32 Å². The molecule has 5 nitrogen and oxygen atoms in total. The Bertz CT molecular complexity index is 429. The maximum Gasteiger partial charge on any atom is 0.326 e. The molecule has 1 rings (SSSR count). The Labute approximate surface area is 100 Å². The second-order valence-corrected chi connectivity index (χ2v) is 5.12. The molecule has 1 aromatic heterocycles. The van der Waals surface area contributed by atoms with Crippen LogP contribution in [0.1, 0.15) is 31.3 Å². The van der Waals surface area contributed by atoms with Crippen molar-refractivity contribution in [3.8, 4) is 0 Å². The van der Waals surface area contributed by atoms with E-state index in [0.29, 0.717) is 5.69 Å². The first-order valence-electron chi connectivity index (χ1n) is 5.38. The molecule has 1 amide bonds. The number of aryl methyl sites for hydroxylation is 1. The average molecular weight is 238 g/mol. The maximum atomic E-state index is 11.9. The summed E-state index contributed by atoms with van der Waals surface area (Å²) in [5.74, 6) is -1.40. The van der Waals surface area contributed by atoms with Crippen molar-refractivity contribution in [2.24, 2.45) is 12.5 Å². The average Bonchev–Trinajstić information content (AvgIpc) is 2.58. The number of carboxylic acid groups (broad SMARTS) is 1. The van der Waals surface area contributed by atoms with E-state index in [1.807, 2.05) is 0 Å². The van der Waals surface area contributed by atoms with E-state index in [4.69, 9.17) is 5.11 Å².